The predicted molar refractivity (Wildman–Crippen MR) is 102 cm³/mol. The molecule has 8 heteroatoms. The summed E-state index contributed by atoms with van der Waals surface area (Å²) in [5.74, 6) is -1.55. The van der Waals surface area contributed by atoms with E-state index in [0.717, 1.165) is 13.1 Å². The number of halogens is 1. The van der Waals surface area contributed by atoms with Crippen molar-refractivity contribution in [3.63, 3.8) is 0 Å². The molecule has 1 aromatic carbocycles. The number of aryl methyl sites for hydroxylation is 1. The third kappa shape index (κ3) is 3.27. The number of nitrogens with one attached hydrogen (secondary N) is 2. The summed E-state index contributed by atoms with van der Waals surface area (Å²) < 4.78 is 20.9. The molecule has 3 heterocycles. The van der Waals surface area contributed by atoms with E-state index in [4.69, 9.17) is 4.74 Å². The Bertz CT molecular complexity index is 982. The fourth-order valence-corrected chi connectivity index (χ4v) is 4.24. The van der Waals surface area contributed by atoms with Crippen molar-refractivity contribution in [3.05, 3.63) is 39.4 Å². The number of pyridine rings is 1. The quantitative estimate of drug-likeness (QED) is 0.686. The van der Waals surface area contributed by atoms with Gasteiger partial charge in [0.25, 0.3) is 11.5 Å². The smallest absolute Gasteiger partial charge is 0.267 e. The summed E-state index contributed by atoms with van der Waals surface area (Å²) in [6.45, 7) is 6.15. The van der Waals surface area contributed by atoms with Gasteiger partial charge < -0.3 is 24.6 Å². The Morgan fingerprint density at radius 2 is 2.14 bits per heavy atom. The van der Waals surface area contributed by atoms with Gasteiger partial charge in [-0.15, -0.1) is 0 Å². The second-order valence-electron chi connectivity index (χ2n) is 7.62. The van der Waals surface area contributed by atoms with Crippen LogP contribution in [0.3, 0.4) is 0 Å². The topological polar surface area (TPSA) is 85.0 Å². The molecule has 28 heavy (non-hydrogen) atoms. The molecule has 4 rings (SSSR count). The highest BCUT2D eigenvalue weighted by molar-refractivity contribution is 6.03. The number of aromatic hydroxyl groups is 1. The molecule has 0 saturated carbocycles. The van der Waals surface area contributed by atoms with Crippen molar-refractivity contribution < 1.29 is 23.9 Å². The fourth-order valence-electron chi connectivity index (χ4n) is 4.24. The molecule has 1 saturated heterocycles. The summed E-state index contributed by atoms with van der Waals surface area (Å²) in [6, 6.07) is 2.46. The molecule has 1 amide bonds. The first-order valence-electron chi connectivity index (χ1n) is 9.76. The van der Waals surface area contributed by atoms with Crippen LogP contribution in [0.25, 0.3) is 10.9 Å². The molecule has 2 aliphatic rings. The van der Waals surface area contributed by atoms with Gasteiger partial charge in [0.05, 0.1) is 31.8 Å². The van der Waals surface area contributed by atoms with Gasteiger partial charge in [-0.1, -0.05) is 0 Å². The Hall–Kier alpha value is -2.45. The van der Waals surface area contributed by atoms with Crippen LogP contribution in [-0.4, -0.2) is 55.0 Å². The lowest BCUT2D eigenvalue weighted by atomic mass is 9.95. The molecule has 3 N–H and O–H groups in total. The maximum atomic E-state index is 14.0. The van der Waals surface area contributed by atoms with Gasteiger partial charge in [0.15, 0.2) is 0 Å². The minimum atomic E-state index is -0.621. The summed E-state index contributed by atoms with van der Waals surface area (Å²) in [6.07, 6.45) is 1.31. The van der Waals surface area contributed by atoms with Crippen LogP contribution in [0.2, 0.25) is 0 Å². The van der Waals surface area contributed by atoms with Crippen LogP contribution >= 0.6 is 0 Å². The normalized spacial score (nSPS) is 19.7. The first-order chi connectivity index (χ1) is 13.5. The van der Waals surface area contributed by atoms with Gasteiger partial charge in [0.1, 0.15) is 30.2 Å². The van der Waals surface area contributed by atoms with E-state index in [1.807, 2.05) is 6.92 Å². The van der Waals surface area contributed by atoms with Gasteiger partial charge in [0.2, 0.25) is 0 Å². The van der Waals surface area contributed by atoms with Gasteiger partial charge in [-0.3, -0.25) is 9.59 Å². The summed E-state index contributed by atoms with van der Waals surface area (Å²) in [5.41, 5.74) is 0.372. The number of benzene rings is 1. The van der Waals surface area contributed by atoms with Gasteiger partial charge in [-0.2, -0.15) is 0 Å². The van der Waals surface area contributed by atoms with Gasteiger partial charge >= 0.3 is 0 Å². The molecule has 1 atom stereocenters. The highest BCUT2D eigenvalue weighted by atomic mass is 19.1. The number of ether oxygens (including phenoxy) is 1. The lowest BCUT2D eigenvalue weighted by Gasteiger charge is -2.27. The molecule has 1 fully saturated rings. The number of rotatable bonds is 4. The SMILES string of the molecule is CC1CCc2cc(F)cc3c(O)c(C(=O)NCC[NH+]4CCOCC4)c(=O)n1c23. The van der Waals surface area contributed by atoms with Crippen molar-refractivity contribution >= 4 is 16.8 Å². The van der Waals surface area contributed by atoms with Crippen LogP contribution in [0.15, 0.2) is 16.9 Å². The predicted octanol–water partition coefficient (Wildman–Crippen LogP) is -0.00170. The molecule has 2 aliphatic heterocycles. The maximum Gasteiger partial charge on any atom is 0.267 e. The molecule has 2 aromatic rings. The van der Waals surface area contributed by atoms with Crippen molar-refractivity contribution in [1.82, 2.24) is 9.88 Å². The van der Waals surface area contributed by atoms with E-state index in [0.29, 0.717) is 50.2 Å². The number of hydrogen-bond donors (Lipinski definition) is 3. The maximum absolute atomic E-state index is 14.0. The Labute approximate surface area is 161 Å². The number of nitrogens with zero attached hydrogens (tertiary/aromatic N) is 1. The monoisotopic (exact) mass is 390 g/mol. The Balaban J connectivity index is 1.67. The Morgan fingerprint density at radius 3 is 2.89 bits per heavy atom. The lowest BCUT2D eigenvalue weighted by Crippen LogP contribution is -3.14. The lowest BCUT2D eigenvalue weighted by molar-refractivity contribution is -0.906. The highest BCUT2D eigenvalue weighted by Crippen LogP contribution is 2.35. The highest BCUT2D eigenvalue weighted by Gasteiger charge is 2.28. The first kappa shape index (κ1) is 18.9. The molecule has 150 valence electrons. The van der Waals surface area contributed by atoms with Crippen molar-refractivity contribution in [2.24, 2.45) is 0 Å². The zero-order valence-corrected chi connectivity index (χ0v) is 15.9. The Morgan fingerprint density at radius 1 is 1.39 bits per heavy atom. The van der Waals surface area contributed by atoms with Gasteiger partial charge in [0, 0.05) is 11.4 Å². The zero-order chi connectivity index (χ0) is 19.8. The van der Waals surface area contributed by atoms with Gasteiger partial charge in [-0.25, -0.2) is 4.39 Å². The molecule has 0 bridgehead atoms. The van der Waals surface area contributed by atoms with E-state index in [-0.39, 0.29) is 17.0 Å². The standard InChI is InChI=1S/C20H24FN3O4/c1-12-2-3-13-10-14(21)11-15-17(13)24(12)20(27)16(18(15)25)19(26)22-4-5-23-6-8-28-9-7-23/h10-12,25H,2-9H2,1H3,(H,22,26)/p+1. The van der Waals surface area contributed by atoms with E-state index in [1.165, 1.54) is 21.6 Å². The number of morpholine rings is 1. The first-order valence-corrected chi connectivity index (χ1v) is 9.76. The molecule has 1 aromatic heterocycles. The van der Waals surface area contributed by atoms with Crippen LogP contribution in [0.1, 0.15) is 35.3 Å². The van der Waals surface area contributed by atoms with E-state index >= 15 is 0 Å². The molecular formula is C20H25FN3O4+. The van der Waals surface area contributed by atoms with Crippen LogP contribution in [-0.2, 0) is 11.2 Å². The fraction of sp³-hybridized carbons (Fsp3) is 0.500. The molecule has 1 unspecified atom stereocenters. The molecular weight excluding hydrogens is 365 g/mol. The number of carbonyl (C=O) groups is 1. The van der Waals surface area contributed by atoms with E-state index in [2.05, 4.69) is 5.32 Å². The van der Waals surface area contributed by atoms with Crippen LogP contribution in [0.4, 0.5) is 4.39 Å². The van der Waals surface area contributed by atoms with Crippen LogP contribution in [0, 0.1) is 5.82 Å². The average molecular weight is 390 g/mol. The number of quaternary nitrogens is 1. The third-order valence-corrected chi connectivity index (χ3v) is 5.78. The van der Waals surface area contributed by atoms with Gasteiger partial charge in [-0.05, 0) is 37.5 Å². The van der Waals surface area contributed by atoms with Crippen LogP contribution < -0.4 is 15.8 Å². The second-order valence-corrected chi connectivity index (χ2v) is 7.62. The van der Waals surface area contributed by atoms with E-state index in [1.54, 1.807) is 0 Å². The molecule has 0 aliphatic carbocycles. The zero-order valence-electron chi connectivity index (χ0n) is 15.9. The number of aromatic nitrogens is 1. The third-order valence-electron chi connectivity index (χ3n) is 5.78. The van der Waals surface area contributed by atoms with Crippen molar-refractivity contribution in [2.45, 2.75) is 25.8 Å². The summed E-state index contributed by atoms with van der Waals surface area (Å²) in [7, 11) is 0. The van der Waals surface area contributed by atoms with Crippen molar-refractivity contribution in [3.8, 4) is 5.75 Å². The van der Waals surface area contributed by atoms with Crippen molar-refractivity contribution in [1.29, 1.82) is 0 Å². The minimum absolute atomic E-state index is 0.127. The molecule has 0 spiro atoms. The van der Waals surface area contributed by atoms with Crippen LogP contribution in [0.5, 0.6) is 5.75 Å². The van der Waals surface area contributed by atoms with E-state index in [9.17, 15) is 19.1 Å². The summed E-state index contributed by atoms with van der Waals surface area (Å²) in [4.78, 5) is 27.1. The summed E-state index contributed by atoms with van der Waals surface area (Å²) in [5, 5.41) is 13.6. The molecule has 7 nitrogen and oxygen atoms in total. The Kier molecular flexibility index (Phi) is 5.07. The number of carbonyl (C=O) groups excluding carboxylic acids is 1. The molecule has 0 radical (unpaired) electrons. The summed E-state index contributed by atoms with van der Waals surface area (Å²) >= 11 is 0. The number of amides is 1. The number of hydrogen-bond acceptors (Lipinski definition) is 4. The second kappa shape index (κ2) is 7.52. The van der Waals surface area contributed by atoms with E-state index < -0.39 is 23.0 Å². The minimum Gasteiger partial charge on any atom is -0.506 e. The average Bonchev–Trinajstić information content (AvgIpc) is 2.67. The largest absolute Gasteiger partial charge is 0.506 e. The van der Waals surface area contributed by atoms with Crippen molar-refractivity contribution in [2.75, 3.05) is 39.4 Å².